The van der Waals surface area contributed by atoms with Gasteiger partial charge >= 0.3 is 0 Å². The van der Waals surface area contributed by atoms with Crippen molar-refractivity contribution in [2.24, 2.45) is 5.41 Å². The maximum absolute atomic E-state index is 11.4. The third-order valence-electron chi connectivity index (χ3n) is 2.23. The van der Waals surface area contributed by atoms with Crippen molar-refractivity contribution in [2.45, 2.75) is 25.7 Å². The van der Waals surface area contributed by atoms with Crippen LogP contribution in [0.2, 0.25) is 0 Å². The molecule has 60 valence electrons. The summed E-state index contributed by atoms with van der Waals surface area (Å²) in [5, 5.41) is 8.84. The first-order valence-electron chi connectivity index (χ1n) is 3.76. The van der Waals surface area contributed by atoms with Crippen LogP contribution in [0, 0.1) is 16.7 Å². The van der Waals surface area contributed by atoms with E-state index in [0.717, 1.165) is 19.3 Å². The SMILES string of the molecule is N#CC1(CI)CCCCC1=O. The largest absolute Gasteiger partial charge is 0.298 e. The molecule has 1 saturated carbocycles. The van der Waals surface area contributed by atoms with Crippen molar-refractivity contribution < 1.29 is 4.79 Å². The number of halogens is 1. The lowest BCUT2D eigenvalue weighted by Gasteiger charge is -2.26. The highest BCUT2D eigenvalue weighted by atomic mass is 127. The molecule has 0 amide bonds. The minimum atomic E-state index is -0.626. The first kappa shape index (κ1) is 8.98. The predicted octanol–water partition coefficient (Wildman–Crippen LogP) is 2.07. The molecule has 0 bridgehead atoms. The summed E-state index contributed by atoms with van der Waals surface area (Å²) < 4.78 is 0.653. The van der Waals surface area contributed by atoms with E-state index in [-0.39, 0.29) is 5.78 Å². The molecule has 1 unspecified atom stereocenters. The second-order valence-corrected chi connectivity index (χ2v) is 3.72. The summed E-state index contributed by atoms with van der Waals surface area (Å²) in [6.07, 6.45) is 3.38. The minimum absolute atomic E-state index is 0.153. The summed E-state index contributed by atoms with van der Waals surface area (Å²) in [4.78, 5) is 11.4. The Labute approximate surface area is 80.1 Å². The van der Waals surface area contributed by atoms with E-state index < -0.39 is 5.41 Å². The molecule has 1 fully saturated rings. The minimum Gasteiger partial charge on any atom is -0.298 e. The van der Waals surface area contributed by atoms with Crippen molar-refractivity contribution >= 4 is 28.4 Å². The molecule has 0 heterocycles. The van der Waals surface area contributed by atoms with E-state index >= 15 is 0 Å². The molecule has 0 aliphatic heterocycles. The van der Waals surface area contributed by atoms with Crippen LogP contribution in [-0.2, 0) is 4.79 Å². The van der Waals surface area contributed by atoms with Gasteiger partial charge in [-0.15, -0.1) is 0 Å². The van der Waals surface area contributed by atoms with Gasteiger partial charge < -0.3 is 0 Å². The van der Waals surface area contributed by atoms with Crippen molar-refractivity contribution in [3.05, 3.63) is 0 Å². The lowest BCUT2D eigenvalue weighted by Crippen LogP contribution is -2.34. The molecule has 0 radical (unpaired) electrons. The number of rotatable bonds is 1. The van der Waals surface area contributed by atoms with E-state index in [1.807, 2.05) is 0 Å². The zero-order valence-corrected chi connectivity index (χ0v) is 8.43. The van der Waals surface area contributed by atoms with Crippen LogP contribution in [-0.4, -0.2) is 10.2 Å². The molecule has 1 aliphatic rings. The van der Waals surface area contributed by atoms with Gasteiger partial charge in [-0.25, -0.2) is 0 Å². The Hall–Kier alpha value is -0.110. The fraction of sp³-hybridized carbons (Fsp3) is 0.750. The van der Waals surface area contributed by atoms with E-state index in [0.29, 0.717) is 10.8 Å². The van der Waals surface area contributed by atoms with E-state index in [4.69, 9.17) is 5.26 Å². The molecule has 1 aliphatic carbocycles. The van der Waals surface area contributed by atoms with E-state index in [2.05, 4.69) is 28.7 Å². The van der Waals surface area contributed by atoms with Crippen LogP contribution in [0.1, 0.15) is 25.7 Å². The van der Waals surface area contributed by atoms with Crippen molar-refractivity contribution in [3.63, 3.8) is 0 Å². The predicted molar refractivity (Wildman–Crippen MR) is 50.4 cm³/mol. The van der Waals surface area contributed by atoms with Crippen LogP contribution in [0.3, 0.4) is 0 Å². The summed E-state index contributed by atoms with van der Waals surface area (Å²) in [6, 6.07) is 2.16. The normalized spacial score (nSPS) is 31.5. The molecule has 3 heteroatoms. The second-order valence-electron chi connectivity index (χ2n) is 2.96. The highest BCUT2D eigenvalue weighted by Crippen LogP contribution is 2.34. The van der Waals surface area contributed by atoms with Crippen molar-refractivity contribution in [1.82, 2.24) is 0 Å². The van der Waals surface area contributed by atoms with Crippen LogP contribution < -0.4 is 0 Å². The van der Waals surface area contributed by atoms with Gasteiger partial charge in [0.2, 0.25) is 0 Å². The standard InChI is InChI=1S/C8H10INO/c9-5-8(6-10)4-2-1-3-7(8)11/h1-5H2. The molecule has 1 rings (SSSR count). The summed E-state index contributed by atoms with van der Waals surface area (Å²) in [5.74, 6) is 0.153. The van der Waals surface area contributed by atoms with Gasteiger partial charge in [0.05, 0.1) is 6.07 Å². The number of ketones is 1. The van der Waals surface area contributed by atoms with E-state index in [1.165, 1.54) is 0 Å². The summed E-state index contributed by atoms with van der Waals surface area (Å²) in [7, 11) is 0. The molecule has 0 saturated heterocycles. The van der Waals surface area contributed by atoms with Crippen LogP contribution in [0.5, 0.6) is 0 Å². The summed E-state index contributed by atoms with van der Waals surface area (Å²) in [5.41, 5.74) is -0.626. The quantitative estimate of drug-likeness (QED) is 0.536. The fourth-order valence-electron chi connectivity index (χ4n) is 1.38. The lowest BCUT2D eigenvalue weighted by atomic mass is 9.76. The molecule has 1 atom stereocenters. The maximum Gasteiger partial charge on any atom is 0.153 e. The zero-order chi connectivity index (χ0) is 8.32. The van der Waals surface area contributed by atoms with Gasteiger partial charge in [-0.2, -0.15) is 5.26 Å². The molecule has 11 heavy (non-hydrogen) atoms. The van der Waals surface area contributed by atoms with E-state index in [9.17, 15) is 4.79 Å². The molecule has 2 nitrogen and oxygen atoms in total. The molecule has 0 aromatic carbocycles. The monoisotopic (exact) mass is 263 g/mol. The Morgan fingerprint density at radius 2 is 2.36 bits per heavy atom. The number of hydrogen-bond acceptors (Lipinski definition) is 2. The number of hydrogen-bond donors (Lipinski definition) is 0. The Kier molecular flexibility index (Phi) is 2.88. The van der Waals surface area contributed by atoms with Crippen LogP contribution in [0.25, 0.3) is 0 Å². The molecular formula is C8H10INO. The first-order valence-corrected chi connectivity index (χ1v) is 5.28. The lowest BCUT2D eigenvalue weighted by molar-refractivity contribution is -0.126. The molecule has 0 aromatic rings. The topological polar surface area (TPSA) is 40.9 Å². The first-order chi connectivity index (χ1) is 5.25. The Bertz CT molecular complexity index is 209. The number of alkyl halides is 1. The average Bonchev–Trinajstić information content (AvgIpc) is 2.06. The van der Waals surface area contributed by atoms with Crippen LogP contribution >= 0.6 is 22.6 Å². The third kappa shape index (κ3) is 1.56. The number of carbonyl (C=O) groups is 1. The van der Waals surface area contributed by atoms with Gasteiger partial charge in [0.25, 0.3) is 0 Å². The van der Waals surface area contributed by atoms with Crippen LogP contribution in [0.4, 0.5) is 0 Å². The third-order valence-corrected chi connectivity index (χ3v) is 3.54. The highest BCUT2D eigenvalue weighted by molar-refractivity contribution is 14.1. The highest BCUT2D eigenvalue weighted by Gasteiger charge is 2.38. The number of Topliss-reactive ketones (excluding diaryl/α,β-unsaturated/α-hetero) is 1. The summed E-state index contributed by atoms with van der Waals surface area (Å²) in [6.45, 7) is 0. The second kappa shape index (κ2) is 3.53. The smallest absolute Gasteiger partial charge is 0.153 e. The van der Waals surface area contributed by atoms with Gasteiger partial charge in [0, 0.05) is 10.8 Å². The molecule has 0 spiro atoms. The molecule has 0 aromatic heterocycles. The molecule has 0 N–H and O–H groups in total. The summed E-state index contributed by atoms with van der Waals surface area (Å²) >= 11 is 2.13. The zero-order valence-electron chi connectivity index (χ0n) is 6.27. The van der Waals surface area contributed by atoms with Crippen LogP contribution in [0.15, 0.2) is 0 Å². The van der Waals surface area contributed by atoms with Gasteiger partial charge in [-0.1, -0.05) is 29.0 Å². The Morgan fingerprint density at radius 3 is 2.73 bits per heavy atom. The Balaban J connectivity index is 2.80. The number of nitrogens with zero attached hydrogens (tertiary/aromatic N) is 1. The van der Waals surface area contributed by atoms with Gasteiger partial charge in [-0.3, -0.25) is 4.79 Å². The average molecular weight is 263 g/mol. The molecular weight excluding hydrogens is 253 g/mol. The van der Waals surface area contributed by atoms with Crippen molar-refractivity contribution in [1.29, 1.82) is 5.26 Å². The Morgan fingerprint density at radius 1 is 1.64 bits per heavy atom. The number of nitriles is 1. The fourth-order valence-corrected chi connectivity index (χ4v) is 2.36. The van der Waals surface area contributed by atoms with E-state index in [1.54, 1.807) is 0 Å². The van der Waals surface area contributed by atoms with Gasteiger partial charge in [0.1, 0.15) is 5.41 Å². The van der Waals surface area contributed by atoms with Crippen molar-refractivity contribution in [2.75, 3.05) is 4.43 Å². The van der Waals surface area contributed by atoms with Gasteiger partial charge in [0.15, 0.2) is 5.78 Å². The van der Waals surface area contributed by atoms with Gasteiger partial charge in [-0.05, 0) is 12.8 Å². The van der Waals surface area contributed by atoms with Crippen molar-refractivity contribution in [3.8, 4) is 6.07 Å². The number of carbonyl (C=O) groups excluding carboxylic acids is 1. The maximum atomic E-state index is 11.4.